The van der Waals surface area contributed by atoms with Gasteiger partial charge in [-0.25, -0.2) is 4.79 Å². The standard InChI is InChI=1S/C18H18BrNO5/c1-11(17(21)20-12-5-4-6-13(9-12)23-2)25-18(22)15-10-14(24-3)7-8-16(15)19/h4-11H,1-3H3,(H,20,21)/t11-/m0/s1. The molecule has 0 radical (unpaired) electrons. The van der Waals surface area contributed by atoms with Crippen molar-refractivity contribution < 1.29 is 23.8 Å². The van der Waals surface area contributed by atoms with E-state index in [-0.39, 0.29) is 5.56 Å². The topological polar surface area (TPSA) is 73.9 Å². The summed E-state index contributed by atoms with van der Waals surface area (Å²) in [6.07, 6.45) is -0.975. The first kappa shape index (κ1) is 18.8. The fourth-order valence-corrected chi connectivity index (χ4v) is 2.42. The Morgan fingerprint density at radius 2 is 1.72 bits per heavy atom. The quantitative estimate of drug-likeness (QED) is 0.739. The number of halogens is 1. The number of carbonyl (C=O) groups excluding carboxylic acids is 2. The van der Waals surface area contributed by atoms with E-state index in [2.05, 4.69) is 21.2 Å². The first-order chi connectivity index (χ1) is 11.9. The normalized spacial score (nSPS) is 11.4. The van der Waals surface area contributed by atoms with Gasteiger partial charge in [0.1, 0.15) is 11.5 Å². The molecule has 2 aromatic carbocycles. The summed E-state index contributed by atoms with van der Waals surface area (Å²) in [6, 6.07) is 11.8. The van der Waals surface area contributed by atoms with Crippen molar-refractivity contribution in [2.75, 3.05) is 19.5 Å². The van der Waals surface area contributed by atoms with Gasteiger partial charge in [-0.2, -0.15) is 0 Å². The van der Waals surface area contributed by atoms with Gasteiger partial charge >= 0.3 is 5.97 Å². The first-order valence-corrected chi connectivity index (χ1v) is 8.23. The second-order valence-corrected chi connectivity index (χ2v) is 5.97. The summed E-state index contributed by atoms with van der Waals surface area (Å²) in [5.74, 6) is 0.0612. The lowest BCUT2D eigenvalue weighted by Crippen LogP contribution is -2.30. The highest BCUT2D eigenvalue weighted by Gasteiger charge is 2.21. The van der Waals surface area contributed by atoms with E-state index in [9.17, 15) is 9.59 Å². The van der Waals surface area contributed by atoms with Crippen LogP contribution in [-0.2, 0) is 9.53 Å². The Hall–Kier alpha value is -2.54. The number of esters is 1. The molecule has 0 aliphatic heterocycles. The number of nitrogens with one attached hydrogen (secondary N) is 1. The SMILES string of the molecule is COc1cccc(NC(=O)[C@H](C)OC(=O)c2cc(OC)ccc2Br)c1. The van der Waals surface area contributed by atoms with Crippen LogP contribution in [0.1, 0.15) is 17.3 Å². The highest BCUT2D eigenvalue weighted by molar-refractivity contribution is 9.10. The van der Waals surface area contributed by atoms with E-state index in [1.54, 1.807) is 42.5 Å². The van der Waals surface area contributed by atoms with E-state index in [1.807, 2.05) is 0 Å². The van der Waals surface area contributed by atoms with Crippen LogP contribution in [0, 0.1) is 0 Å². The second kappa shape index (κ2) is 8.53. The van der Waals surface area contributed by atoms with E-state index in [4.69, 9.17) is 14.2 Å². The second-order valence-electron chi connectivity index (χ2n) is 5.11. The molecule has 2 rings (SSSR count). The summed E-state index contributed by atoms with van der Waals surface area (Å²) in [5.41, 5.74) is 0.829. The van der Waals surface area contributed by atoms with E-state index < -0.39 is 18.0 Å². The number of ether oxygens (including phenoxy) is 3. The number of methoxy groups -OCH3 is 2. The summed E-state index contributed by atoms with van der Waals surface area (Å²) < 4.78 is 16.0. The van der Waals surface area contributed by atoms with E-state index in [1.165, 1.54) is 21.1 Å². The van der Waals surface area contributed by atoms with Crippen molar-refractivity contribution >= 4 is 33.5 Å². The average Bonchev–Trinajstić information content (AvgIpc) is 2.62. The molecular weight excluding hydrogens is 390 g/mol. The Morgan fingerprint density at radius 3 is 2.40 bits per heavy atom. The van der Waals surface area contributed by atoms with Crippen molar-refractivity contribution in [3.05, 3.63) is 52.5 Å². The molecule has 1 amide bonds. The Morgan fingerprint density at radius 1 is 1.04 bits per heavy atom. The Bertz CT molecular complexity index is 778. The lowest BCUT2D eigenvalue weighted by atomic mass is 10.2. The molecule has 0 fully saturated rings. The van der Waals surface area contributed by atoms with Crippen LogP contribution in [0.25, 0.3) is 0 Å². The molecule has 1 N–H and O–H groups in total. The molecule has 7 heteroatoms. The minimum Gasteiger partial charge on any atom is -0.497 e. The van der Waals surface area contributed by atoms with Crippen LogP contribution in [0.3, 0.4) is 0 Å². The number of benzene rings is 2. The third kappa shape index (κ3) is 4.96. The summed E-state index contributed by atoms with van der Waals surface area (Å²) in [5, 5.41) is 2.68. The number of carbonyl (C=O) groups is 2. The zero-order valence-electron chi connectivity index (χ0n) is 14.0. The van der Waals surface area contributed by atoms with Crippen molar-refractivity contribution in [3.8, 4) is 11.5 Å². The van der Waals surface area contributed by atoms with Crippen molar-refractivity contribution in [1.82, 2.24) is 0 Å². The Kier molecular flexibility index (Phi) is 6.41. The maximum absolute atomic E-state index is 12.3. The maximum Gasteiger partial charge on any atom is 0.340 e. The highest BCUT2D eigenvalue weighted by Crippen LogP contribution is 2.24. The van der Waals surface area contributed by atoms with Crippen LogP contribution in [0.5, 0.6) is 11.5 Å². The molecule has 0 aliphatic rings. The molecule has 0 aliphatic carbocycles. The average molecular weight is 408 g/mol. The Balaban J connectivity index is 2.04. The number of rotatable bonds is 6. The molecule has 132 valence electrons. The summed E-state index contributed by atoms with van der Waals surface area (Å²) in [6.45, 7) is 1.50. The zero-order chi connectivity index (χ0) is 18.4. The Labute approximate surface area is 154 Å². The number of hydrogen-bond donors (Lipinski definition) is 1. The molecule has 25 heavy (non-hydrogen) atoms. The number of amides is 1. The molecule has 1 atom stereocenters. The van der Waals surface area contributed by atoms with Gasteiger partial charge in [0.25, 0.3) is 5.91 Å². The molecule has 0 heterocycles. The maximum atomic E-state index is 12.3. The lowest BCUT2D eigenvalue weighted by molar-refractivity contribution is -0.123. The van der Waals surface area contributed by atoms with Gasteiger partial charge in [0.05, 0.1) is 19.8 Å². The molecule has 0 bridgehead atoms. The van der Waals surface area contributed by atoms with Gasteiger partial charge in [0, 0.05) is 16.2 Å². The molecule has 0 unspecified atom stereocenters. The van der Waals surface area contributed by atoms with Gasteiger partial charge in [-0.05, 0) is 53.2 Å². The van der Waals surface area contributed by atoms with Gasteiger partial charge in [-0.15, -0.1) is 0 Å². The van der Waals surface area contributed by atoms with Crippen LogP contribution < -0.4 is 14.8 Å². The fraction of sp³-hybridized carbons (Fsp3) is 0.222. The smallest absolute Gasteiger partial charge is 0.340 e. The van der Waals surface area contributed by atoms with Crippen LogP contribution >= 0.6 is 15.9 Å². The number of hydrogen-bond acceptors (Lipinski definition) is 5. The van der Waals surface area contributed by atoms with Crippen molar-refractivity contribution in [1.29, 1.82) is 0 Å². The molecule has 0 saturated heterocycles. The van der Waals surface area contributed by atoms with Gasteiger partial charge in [0.2, 0.25) is 0 Å². The van der Waals surface area contributed by atoms with Crippen molar-refractivity contribution in [2.45, 2.75) is 13.0 Å². The molecular formula is C18H18BrNO5. The van der Waals surface area contributed by atoms with Gasteiger partial charge in [-0.3, -0.25) is 4.79 Å². The number of anilines is 1. The largest absolute Gasteiger partial charge is 0.497 e. The monoisotopic (exact) mass is 407 g/mol. The van der Waals surface area contributed by atoms with Crippen molar-refractivity contribution in [3.63, 3.8) is 0 Å². The predicted molar refractivity (Wildman–Crippen MR) is 97.2 cm³/mol. The van der Waals surface area contributed by atoms with Crippen LogP contribution in [-0.4, -0.2) is 32.2 Å². The minimum absolute atomic E-state index is 0.278. The van der Waals surface area contributed by atoms with Crippen molar-refractivity contribution in [2.24, 2.45) is 0 Å². The summed E-state index contributed by atoms with van der Waals surface area (Å²) in [4.78, 5) is 24.5. The first-order valence-electron chi connectivity index (χ1n) is 7.44. The molecule has 0 aromatic heterocycles. The van der Waals surface area contributed by atoms with E-state index >= 15 is 0 Å². The molecule has 6 nitrogen and oxygen atoms in total. The molecule has 0 saturated carbocycles. The fourth-order valence-electron chi connectivity index (χ4n) is 2.01. The molecule has 2 aromatic rings. The van der Waals surface area contributed by atoms with E-state index in [0.29, 0.717) is 21.7 Å². The van der Waals surface area contributed by atoms with Crippen LogP contribution in [0.2, 0.25) is 0 Å². The third-order valence-corrected chi connectivity index (χ3v) is 4.08. The molecule has 0 spiro atoms. The predicted octanol–water partition coefficient (Wildman–Crippen LogP) is 3.65. The highest BCUT2D eigenvalue weighted by atomic mass is 79.9. The van der Waals surface area contributed by atoms with Gasteiger partial charge < -0.3 is 19.5 Å². The van der Waals surface area contributed by atoms with E-state index in [0.717, 1.165) is 0 Å². The zero-order valence-corrected chi connectivity index (χ0v) is 15.6. The summed E-state index contributed by atoms with van der Waals surface area (Å²) >= 11 is 3.29. The van der Waals surface area contributed by atoms with Crippen LogP contribution in [0.15, 0.2) is 46.9 Å². The summed E-state index contributed by atoms with van der Waals surface area (Å²) in [7, 11) is 3.04. The lowest BCUT2D eigenvalue weighted by Gasteiger charge is -2.15. The minimum atomic E-state index is -0.975. The van der Waals surface area contributed by atoms with Crippen LogP contribution in [0.4, 0.5) is 5.69 Å². The van der Waals surface area contributed by atoms with Gasteiger partial charge in [-0.1, -0.05) is 6.07 Å². The van der Waals surface area contributed by atoms with Gasteiger partial charge in [0.15, 0.2) is 6.10 Å². The third-order valence-electron chi connectivity index (χ3n) is 3.38.